The Labute approximate surface area is 176 Å². The van der Waals surface area contributed by atoms with E-state index in [1.165, 1.54) is 55.3 Å². The number of benzene rings is 1. The molecule has 4 heteroatoms. The first-order valence-electron chi connectivity index (χ1n) is 12.1. The second-order valence-corrected chi connectivity index (χ2v) is 9.87. The molecular formula is C25H37N3O. The second kappa shape index (κ2) is 8.39. The number of fused-ring (bicyclic) bond motifs is 1. The Balaban J connectivity index is 1.28. The van der Waals surface area contributed by atoms with Gasteiger partial charge in [0, 0.05) is 36.2 Å². The second-order valence-electron chi connectivity index (χ2n) is 9.87. The van der Waals surface area contributed by atoms with Crippen LogP contribution >= 0.6 is 0 Å². The van der Waals surface area contributed by atoms with Gasteiger partial charge in [-0.15, -0.1) is 0 Å². The molecule has 1 aromatic rings. The van der Waals surface area contributed by atoms with E-state index in [0.717, 1.165) is 51.4 Å². The molecule has 4 aliphatic rings. The maximum absolute atomic E-state index is 13.2. The highest BCUT2D eigenvalue weighted by Crippen LogP contribution is 2.47. The normalized spacial score (nSPS) is 28.4. The molecule has 0 bridgehead atoms. The number of hydrogen-bond acceptors (Lipinski definition) is 3. The first-order valence-corrected chi connectivity index (χ1v) is 12.1. The minimum atomic E-state index is 0.265. The molecule has 5 rings (SSSR count). The van der Waals surface area contributed by atoms with Crippen molar-refractivity contribution in [2.45, 2.75) is 82.2 Å². The predicted octanol–water partition coefficient (Wildman–Crippen LogP) is 4.09. The number of piperidine rings is 1. The van der Waals surface area contributed by atoms with E-state index in [4.69, 9.17) is 0 Å². The molecule has 3 fully saturated rings. The predicted molar refractivity (Wildman–Crippen MR) is 118 cm³/mol. The number of amides is 1. The van der Waals surface area contributed by atoms with Gasteiger partial charge < -0.3 is 10.2 Å². The van der Waals surface area contributed by atoms with E-state index in [2.05, 4.69) is 40.4 Å². The summed E-state index contributed by atoms with van der Waals surface area (Å²) in [6.07, 6.45) is 12.0. The quantitative estimate of drug-likeness (QED) is 0.834. The lowest BCUT2D eigenvalue weighted by atomic mass is 9.87. The van der Waals surface area contributed by atoms with Crippen LogP contribution in [0.25, 0.3) is 0 Å². The van der Waals surface area contributed by atoms with Gasteiger partial charge >= 0.3 is 0 Å². The topological polar surface area (TPSA) is 35.6 Å². The molecule has 2 atom stereocenters. The highest BCUT2D eigenvalue weighted by atomic mass is 16.2. The summed E-state index contributed by atoms with van der Waals surface area (Å²) in [4.78, 5) is 18.0. The van der Waals surface area contributed by atoms with Crippen molar-refractivity contribution < 1.29 is 4.79 Å². The molecule has 2 heterocycles. The van der Waals surface area contributed by atoms with Crippen LogP contribution < -0.4 is 10.2 Å². The van der Waals surface area contributed by atoms with Gasteiger partial charge in [0.05, 0.1) is 0 Å². The Kier molecular flexibility index (Phi) is 5.66. The molecule has 1 N–H and O–H groups in total. The summed E-state index contributed by atoms with van der Waals surface area (Å²) in [6.45, 7) is 3.23. The number of nitrogens with zero attached hydrogens (tertiary/aromatic N) is 2. The zero-order valence-electron chi connectivity index (χ0n) is 18.0. The maximum atomic E-state index is 13.2. The molecule has 0 aromatic heterocycles. The zero-order valence-corrected chi connectivity index (χ0v) is 18.0. The van der Waals surface area contributed by atoms with Gasteiger partial charge in [0.15, 0.2) is 0 Å². The first-order chi connectivity index (χ1) is 14.2. The molecule has 2 aliphatic carbocycles. The molecule has 1 aromatic carbocycles. The third-order valence-corrected chi connectivity index (χ3v) is 8.04. The molecule has 2 unspecified atom stereocenters. The van der Waals surface area contributed by atoms with E-state index in [9.17, 15) is 4.79 Å². The van der Waals surface area contributed by atoms with Crippen molar-refractivity contribution in [1.29, 1.82) is 0 Å². The molecule has 158 valence electrons. The van der Waals surface area contributed by atoms with Crippen LogP contribution in [0, 0.1) is 5.92 Å². The minimum absolute atomic E-state index is 0.265. The van der Waals surface area contributed by atoms with Crippen molar-refractivity contribution in [2.75, 3.05) is 31.6 Å². The smallest absolute Gasteiger partial charge is 0.230 e. The number of carbonyl (C=O) groups is 1. The van der Waals surface area contributed by atoms with Gasteiger partial charge in [0.25, 0.3) is 0 Å². The van der Waals surface area contributed by atoms with Crippen LogP contribution in [0.4, 0.5) is 5.69 Å². The lowest BCUT2D eigenvalue weighted by molar-refractivity contribution is -0.123. The highest BCUT2D eigenvalue weighted by Gasteiger charge is 2.43. The molecule has 0 radical (unpaired) electrons. The SMILES string of the molecule is CN(C1CCNCC1)C1CC1c1ccc2c(c1)CCCN2C(=O)C1CCCCC1. The fraction of sp³-hybridized carbons (Fsp3) is 0.720. The highest BCUT2D eigenvalue weighted by molar-refractivity contribution is 5.96. The van der Waals surface area contributed by atoms with Crippen LogP contribution in [-0.4, -0.2) is 49.6 Å². The minimum Gasteiger partial charge on any atom is -0.317 e. The molecule has 0 spiro atoms. The van der Waals surface area contributed by atoms with Gasteiger partial charge in [-0.2, -0.15) is 0 Å². The summed E-state index contributed by atoms with van der Waals surface area (Å²) < 4.78 is 0. The standard InChI is InChI=1S/C25H37N3O/c1-27(21-11-13-26-14-12-21)24-17-22(24)19-9-10-23-20(16-19)8-5-15-28(23)25(29)18-6-3-2-4-7-18/h9-10,16,18,21-22,24,26H,2-8,11-15,17H2,1H3. The monoisotopic (exact) mass is 395 g/mol. The van der Waals surface area contributed by atoms with Crippen molar-refractivity contribution in [1.82, 2.24) is 10.2 Å². The summed E-state index contributed by atoms with van der Waals surface area (Å²) in [5.74, 6) is 1.35. The van der Waals surface area contributed by atoms with E-state index in [0.29, 0.717) is 17.9 Å². The van der Waals surface area contributed by atoms with Crippen LogP contribution in [-0.2, 0) is 11.2 Å². The largest absolute Gasteiger partial charge is 0.317 e. The van der Waals surface area contributed by atoms with E-state index in [1.54, 1.807) is 0 Å². The number of rotatable bonds is 4. The van der Waals surface area contributed by atoms with Crippen molar-refractivity contribution in [3.8, 4) is 0 Å². The fourth-order valence-electron chi connectivity index (χ4n) is 6.12. The number of nitrogens with one attached hydrogen (secondary N) is 1. The molecule has 4 nitrogen and oxygen atoms in total. The Hall–Kier alpha value is -1.39. The van der Waals surface area contributed by atoms with Crippen LogP contribution in [0.5, 0.6) is 0 Å². The molecular weight excluding hydrogens is 358 g/mol. The molecule has 2 aliphatic heterocycles. The van der Waals surface area contributed by atoms with Crippen LogP contribution in [0.15, 0.2) is 18.2 Å². The van der Waals surface area contributed by atoms with Crippen molar-refractivity contribution in [2.24, 2.45) is 5.92 Å². The Bertz CT molecular complexity index is 736. The van der Waals surface area contributed by atoms with Gasteiger partial charge in [0.2, 0.25) is 5.91 Å². The van der Waals surface area contributed by atoms with Crippen molar-refractivity contribution >= 4 is 11.6 Å². The lowest BCUT2D eigenvalue weighted by Crippen LogP contribution is -2.42. The Morgan fingerprint density at radius 2 is 1.86 bits per heavy atom. The van der Waals surface area contributed by atoms with Crippen LogP contribution in [0.1, 0.15) is 74.8 Å². The Morgan fingerprint density at radius 3 is 2.66 bits per heavy atom. The average Bonchev–Trinajstić information content (AvgIpc) is 3.59. The Morgan fingerprint density at radius 1 is 1.07 bits per heavy atom. The number of likely N-dealkylation sites (N-methyl/N-ethyl adjacent to an activating group) is 1. The molecule has 29 heavy (non-hydrogen) atoms. The average molecular weight is 396 g/mol. The van der Waals surface area contributed by atoms with Gasteiger partial charge in [-0.25, -0.2) is 0 Å². The van der Waals surface area contributed by atoms with Crippen LogP contribution in [0.2, 0.25) is 0 Å². The zero-order chi connectivity index (χ0) is 19.8. The van der Waals surface area contributed by atoms with Gasteiger partial charge in [-0.05, 0) is 82.3 Å². The van der Waals surface area contributed by atoms with E-state index >= 15 is 0 Å². The maximum Gasteiger partial charge on any atom is 0.230 e. The fourth-order valence-corrected chi connectivity index (χ4v) is 6.12. The summed E-state index contributed by atoms with van der Waals surface area (Å²) in [5.41, 5.74) is 4.12. The molecule has 1 saturated heterocycles. The summed E-state index contributed by atoms with van der Waals surface area (Å²) in [7, 11) is 2.34. The summed E-state index contributed by atoms with van der Waals surface area (Å²) in [6, 6.07) is 8.49. The number of aryl methyl sites for hydroxylation is 1. The lowest BCUT2D eigenvalue weighted by Gasteiger charge is -2.34. The third-order valence-electron chi connectivity index (χ3n) is 8.04. The van der Waals surface area contributed by atoms with Crippen molar-refractivity contribution in [3.63, 3.8) is 0 Å². The number of carbonyl (C=O) groups excluding carboxylic acids is 1. The van der Waals surface area contributed by atoms with E-state index < -0.39 is 0 Å². The first kappa shape index (κ1) is 19.6. The van der Waals surface area contributed by atoms with Gasteiger partial charge in [-0.1, -0.05) is 31.4 Å². The van der Waals surface area contributed by atoms with Crippen molar-refractivity contribution in [3.05, 3.63) is 29.3 Å². The van der Waals surface area contributed by atoms with E-state index in [1.807, 2.05) is 0 Å². The molecule has 2 saturated carbocycles. The number of anilines is 1. The molecule has 1 amide bonds. The summed E-state index contributed by atoms with van der Waals surface area (Å²) in [5, 5.41) is 3.48. The number of hydrogen-bond donors (Lipinski definition) is 1. The third kappa shape index (κ3) is 3.98. The van der Waals surface area contributed by atoms with E-state index in [-0.39, 0.29) is 5.92 Å². The van der Waals surface area contributed by atoms with Crippen LogP contribution in [0.3, 0.4) is 0 Å². The van der Waals surface area contributed by atoms with Gasteiger partial charge in [-0.3, -0.25) is 9.69 Å². The summed E-state index contributed by atoms with van der Waals surface area (Å²) >= 11 is 0. The van der Waals surface area contributed by atoms with Gasteiger partial charge in [0.1, 0.15) is 0 Å².